The average molecular weight is 737 g/mol. The summed E-state index contributed by atoms with van der Waals surface area (Å²) in [5.74, 6) is 1.02. The summed E-state index contributed by atoms with van der Waals surface area (Å²) >= 11 is 4.84. The zero-order chi connectivity index (χ0) is 34.5. The number of esters is 1. The highest BCUT2D eigenvalue weighted by molar-refractivity contribution is 9.10. The van der Waals surface area contributed by atoms with Gasteiger partial charge in [-0.2, -0.15) is 5.26 Å². The van der Waals surface area contributed by atoms with E-state index in [4.69, 9.17) is 29.2 Å². The first-order chi connectivity index (χ1) is 23.8. The number of hydrogen-bond donors (Lipinski definition) is 0. The Hall–Kier alpha value is -5.44. The fourth-order valence-electron chi connectivity index (χ4n) is 5.49. The number of aromatic nitrogens is 1. The molecule has 1 aliphatic heterocycles. The van der Waals surface area contributed by atoms with Crippen molar-refractivity contribution in [2.24, 2.45) is 4.99 Å². The maximum absolute atomic E-state index is 14.3. The van der Waals surface area contributed by atoms with Gasteiger partial charge < -0.3 is 18.9 Å². The number of ether oxygens (including phenoxy) is 4. The number of carbonyl (C=O) groups excluding carboxylic acids is 1. The van der Waals surface area contributed by atoms with E-state index < -0.39 is 12.0 Å². The zero-order valence-electron chi connectivity index (χ0n) is 26.8. The molecule has 246 valence electrons. The Morgan fingerprint density at radius 1 is 0.980 bits per heavy atom. The second-order valence-corrected chi connectivity index (χ2v) is 12.7. The monoisotopic (exact) mass is 735 g/mol. The van der Waals surface area contributed by atoms with Crippen molar-refractivity contribution in [3.8, 4) is 23.3 Å². The van der Waals surface area contributed by atoms with Gasteiger partial charge in [-0.3, -0.25) is 9.36 Å². The lowest BCUT2D eigenvalue weighted by Gasteiger charge is -2.26. The third kappa shape index (κ3) is 6.92. The molecule has 0 aliphatic carbocycles. The first-order valence-corrected chi connectivity index (χ1v) is 16.9. The molecule has 0 fully saturated rings. The molecule has 9 nitrogen and oxygen atoms in total. The number of thiazole rings is 1. The number of nitriles is 1. The SMILES string of the molecule is CCOC(=O)C1=C(c2ccccc2)N=c2s/c(=C\c3ccc(OCc4ccc(C#N)cc4)c(Br)c3)c(=O)n2[C@H]1c1ccc(OC)c(OC)c1. The number of methoxy groups -OCH3 is 2. The van der Waals surface area contributed by atoms with Gasteiger partial charge >= 0.3 is 5.97 Å². The molecule has 6 rings (SSSR count). The average Bonchev–Trinajstić information content (AvgIpc) is 3.44. The largest absolute Gasteiger partial charge is 0.493 e. The molecule has 4 aromatic carbocycles. The fourth-order valence-corrected chi connectivity index (χ4v) is 7.00. The van der Waals surface area contributed by atoms with E-state index in [2.05, 4.69) is 22.0 Å². The molecule has 11 heteroatoms. The molecule has 0 bridgehead atoms. The van der Waals surface area contributed by atoms with E-state index >= 15 is 0 Å². The van der Waals surface area contributed by atoms with Gasteiger partial charge in [0.25, 0.3) is 5.56 Å². The van der Waals surface area contributed by atoms with Crippen LogP contribution in [0.1, 0.15) is 40.8 Å². The summed E-state index contributed by atoms with van der Waals surface area (Å²) < 4.78 is 25.3. The number of nitrogens with zero attached hydrogens (tertiary/aromatic N) is 3. The van der Waals surface area contributed by atoms with Gasteiger partial charge in [0.15, 0.2) is 16.3 Å². The van der Waals surface area contributed by atoms with Crippen LogP contribution in [0.2, 0.25) is 0 Å². The Morgan fingerprint density at radius 2 is 1.71 bits per heavy atom. The van der Waals surface area contributed by atoms with Crippen LogP contribution in [0.25, 0.3) is 11.8 Å². The summed E-state index contributed by atoms with van der Waals surface area (Å²) in [6.45, 7) is 2.21. The minimum absolute atomic E-state index is 0.148. The van der Waals surface area contributed by atoms with Crippen molar-refractivity contribution in [1.82, 2.24) is 4.57 Å². The van der Waals surface area contributed by atoms with E-state index in [0.29, 0.717) is 60.0 Å². The second kappa shape index (κ2) is 14.8. The summed E-state index contributed by atoms with van der Waals surface area (Å²) in [6, 6.07) is 28.7. The van der Waals surface area contributed by atoms with Crippen molar-refractivity contribution in [3.05, 3.63) is 149 Å². The molecule has 0 radical (unpaired) electrons. The molecule has 0 N–H and O–H groups in total. The highest BCUT2D eigenvalue weighted by atomic mass is 79.9. The summed E-state index contributed by atoms with van der Waals surface area (Å²) in [5, 5.41) is 9.04. The van der Waals surface area contributed by atoms with Crippen molar-refractivity contribution in [3.63, 3.8) is 0 Å². The molecule has 1 aliphatic rings. The number of benzene rings is 4. The normalized spacial score (nSPS) is 14.0. The second-order valence-electron chi connectivity index (χ2n) is 10.8. The van der Waals surface area contributed by atoms with Crippen molar-refractivity contribution < 1.29 is 23.7 Å². The van der Waals surface area contributed by atoms with Gasteiger partial charge in [-0.1, -0.05) is 65.9 Å². The predicted octanol–water partition coefficient (Wildman–Crippen LogP) is 6.17. The van der Waals surface area contributed by atoms with Crippen LogP contribution >= 0.6 is 27.3 Å². The minimum atomic E-state index is -0.864. The molecule has 1 aromatic heterocycles. The number of halogens is 1. The first kappa shape index (κ1) is 33.5. The van der Waals surface area contributed by atoms with Gasteiger partial charge in [0.05, 0.1) is 58.8 Å². The van der Waals surface area contributed by atoms with Gasteiger partial charge in [-0.05, 0) is 82.0 Å². The Kier molecular flexibility index (Phi) is 10.1. The van der Waals surface area contributed by atoms with E-state index in [1.54, 1.807) is 48.9 Å². The molecule has 1 atom stereocenters. The fraction of sp³-hybridized carbons (Fsp3) is 0.158. The van der Waals surface area contributed by atoms with Crippen LogP contribution in [-0.4, -0.2) is 31.4 Å². The van der Waals surface area contributed by atoms with Gasteiger partial charge in [0, 0.05) is 5.56 Å². The molecule has 0 amide bonds. The van der Waals surface area contributed by atoms with Crippen LogP contribution in [0.5, 0.6) is 17.2 Å². The van der Waals surface area contributed by atoms with Gasteiger partial charge in [0.1, 0.15) is 12.4 Å². The van der Waals surface area contributed by atoms with Crippen LogP contribution < -0.4 is 29.1 Å². The van der Waals surface area contributed by atoms with Crippen LogP contribution in [0, 0.1) is 11.3 Å². The Bertz CT molecular complexity index is 2290. The Labute approximate surface area is 294 Å². The molecule has 5 aromatic rings. The van der Waals surface area contributed by atoms with E-state index in [1.807, 2.05) is 66.7 Å². The zero-order valence-corrected chi connectivity index (χ0v) is 29.2. The standard InChI is InChI=1S/C38H30BrN3O6S/c1-4-47-37(44)33-34(26-8-6-5-7-9-26)41-38-42(35(33)27-15-17-30(45-2)31(20-27)46-3)36(43)32(49-38)19-25-14-16-29(28(39)18-25)48-22-24-12-10-23(21-40)11-13-24/h5-20,35H,4,22H2,1-3H3/b32-19-/t35-/m0/s1. The third-order valence-corrected chi connectivity index (χ3v) is 9.43. The van der Waals surface area contributed by atoms with Crippen molar-refractivity contribution in [1.29, 1.82) is 5.26 Å². The predicted molar refractivity (Wildman–Crippen MR) is 190 cm³/mol. The summed E-state index contributed by atoms with van der Waals surface area (Å²) in [7, 11) is 3.08. The molecule has 0 unspecified atom stereocenters. The van der Waals surface area contributed by atoms with Crippen LogP contribution in [0.4, 0.5) is 0 Å². The third-order valence-electron chi connectivity index (χ3n) is 7.83. The number of carbonyl (C=O) groups is 1. The molecule has 0 spiro atoms. The smallest absolute Gasteiger partial charge is 0.338 e. The number of rotatable bonds is 10. The van der Waals surface area contributed by atoms with Gasteiger partial charge in [0.2, 0.25) is 0 Å². The van der Waals surface area contributed by atoms with Gasteiger partial charge in [-0.25, -0.2) is 9.79 Å². The van der Waals surface area contributed by atoms with E-state index in [-0.39, 0.29) is 17.7 Å². The topological polar surface area (TPSA) is 112 Å². The van der Waals surface area contributed by atoms with Crippen molar-refractivity contribution in [2.75, 3.05) is 20.8 Å². The lowest BCUT2D eigenvalue weighted by molar-refractivity contribution is -0.138. The molecular weight excluding hydrogens is 706 g/mol. The van der Waals surface area contributed by atoms with Crippen LogP contribution in [0.3, 0.4) is 0 Å². The Balaban J connectivity index is 1.46. The molecule has 49 heavy (non-hydrogen) atoms. The lowest BCUT2D eigenvalue weighted by atomic mass is 9.93. The maximum Gasteiger partial charge on any atom is 0.338 e. The molecule has 0 saturated heterocycles. The quantitative estimate of drug-likeness (QED) is 0.158. The maximum atomic E-state index is 14.3. The minimum Gasteiger partial charge on any atom is -0.493 e. The highest BCUT2D eigenvalue weighted by Crippen LogP contribution is 2.38. The molecule has 2 heterocycles. The van der Waals surface area contributed by atoms with Gasteiger partial charge in [-0.15, -0.1) is 0 Å². The van der Waals surface area contributed by atoms with Crippen molar-refractivity contribution >= 4 is 45.0 Å². The van der Waals surface area contributed by atoms with Crippen molar-refractivity contribution in [2.45, 2.75) is 19.6 Å². The van der Waals surface area contributed by atoms with E-state index in [0.717, 1.165) is 11.1 Å². The highest BCUT2D eigenvalue weighted by Gasteiger charge is 2.35. The summed E-state index contributed by atoms with van der Waals surface area (Å²) in [5.41, 5.74) is 3.98. The first-order valence-electron chi connectivity index (χ1n) is 15.3. The van der Waals surface area contributed by atoms with E-state index in [9.17, 15) is 9.59 Å². The van der Waals surface area contributed by atoms with Crippen LogP contribution in [0.15, 0.2) is 111 Å². The number of hydrogen-bond acceptors (Lipinski definition) is 9. The van der Waals surface area contributed by atoms with Crippen LogP contribution in [-0.2, 0) is 16.1 Å². The van der Waals surface area contributed by atoms with E-state index in [1.165, 1.54) is 18.4 Å². The lowest BCUT2D eigenvalue weighted by Crippen LogP contribution is -2.40. The number of fused-ring (bicyclic) bond motifs is 1. The summed E-state index contributed by atoms with van der Waals surface area (Å²) in [4.78, 5) is 33.4. The summed E-state index contributed by atoms with van der Waals surface area (Å²) in [6.07, 6.45) is 1.79. The Morgan fingerprint density at radius 3 is 2.39 bits per heavy atom. The molecular formula is C38H30BrN3O6S. The molecule has 0 saturated carbocycles.